The van der Waals surface area contributed by atoms with Crippen molar-refractivity contribution in [1.82, 2.24) is 25.0 Å². The zero-order valence-electron chi connectivity index (χ0n) is 15.0. The van der Waals surface area contributed by atoms with E-state index in [-0.39, 0.29) is 0 Å². The van der Waals surface area contributed by atoms with Gasteiger partial charge in [-0.15, -0.1) is 0 Å². The van der Waals surface area contributed by atoms with Crippen molar-refractivity contribution < 1.29 is 0 Å². The molecule has 0 radical (unpaired) electrons. The van der Waals surface area contributed by atoms with E-state index in [0.29, 0.717) is 6.04 Å². The van der Waals surface area contributed by atoms with Crippen LogP contribution in [0.5, 0.6) is 0 Å². The van der Waals surface area contributed by atoms with Crippen molar-refractivity contribution in [2.24, 2.45) is 0 Å². The van der Waals surface area contributed by atoms with Crippen LogP contribution in [0.25, 0.3) is 5.69 Å². The van der Waals surface area contributed by atoms with Gasteiger partial charge in [-0.25, -0.2) is 4.68 Å². The summed E-state index contributed by atoms with van der Waals surface area (Å²) < 4.78 is 1.90. The summed E-state index contributed by atoms with van der Waals surface area (Å²) in [5.74, 6) is 0. The SMILES string of the molecule is c1ccc(CN2CCC[C@H](NCc3cccc(-n4cccn4)c3)C2)nc1. The number of pyridine rings is 1. The van der Waals surface area contributed by atoms with Crippen LogP contribution in [-0.2, 0) is 13.1 Å². The second-order valence-electron chi connectivity index (χ2n) is 6.90. The van der Waals surface area contributed by atoms with Crippen LogP contribution in [0.2, 0.25) is 0 Å². The van der Waals surface area contributed by atoms with E-state index in [0.717, 1.165) is 37.6 Å². The molecule has 1 aliphatic heterocycles. The molecule has 3 heterocycles. The lowest BCUT2D eigenvalue weighted by Crippen LogP contribution is -2.45. The highest BCUT2D eigenvalue weighted by atomic mass is 15.3. The summed E-state index contributed by atoms with van der Waals surface area (Å²) in [7, 11) is 0. The molecule has 1 atom stereocenters. The Morgan fingerprint density at radius 1 is 1.08 bits per heavy atom. The number of hydrogen-bond donors (Lipinski definition) is 1. The third kappa shape index (κ3) is 4.36. The molecule has 1 aliphatic rings. The van der Waals surface area contributed by atoms with Crippen molar-refractivity contribution in [3.05, 3.63) is 78.4 Å². The normalized spacial score (nSPS) is 18.1. The second-order valence-corrected chi connectivity index (χ2v) is 6.90. The molecule has 4 rings (SSSR count). The van der Waals surface area contributed by atoms with Crippen molar-refractivity contribution in [2.45, 2.75) is 32.0 Å². The number of benzene rings is 1. The van der Waals surface area contributed by atoms with Crippen LogP contribution in [0.15, 0.2) is 67.1 Å². The Balaban J connectivity index is 1.32. The second kappa shape index (κ2) is 8.25. The van der Waals surface area contributed by atoms with Gasteiger partial charge in [0, 0.05) is 44.3 Å². The first-order valence-electron chi connectivity index (χ1n) is 9.31. The lowest BCUT2D eigenvalue weighted by atomic mass is 10.0. The molecule has 5 nitrogen and oxygen atoms in total. The number of hydrogen-bond acceptors (Lipinski definition) is 4. The van der Waals surface area contributed by atoms with E-state index >= 15 is 0 Å². The van der Waals surface area contributed by atoms with E-state index in [1.165, 1.54) is 18.4 Å². The maximum atomic E-state index is 4.46. The number of piperidine rings is 1. The average molecular weight is 347 g/mol. The topological polar surface area (TPSA) is 46.0 Å². The smallest absolute Gasteiger partial charge is 0.0648 e. The number of aromatic nitrogens is 3. The van der Waals surface area contributed by atoms with Gasteiger partial charge in [-0.1, -0.05) is 18.2 Å². The minimum atomic E-state index is 0.529. The van der Waals surface area contributed by atoms with E-state index in [4.69, 9.17) is 0 Å². The van der Waals surface area contributed by atoms with Gasteiger partial charge < -0.3 is 5.32 Å². The summed E-state index contributed by atoms with van der Waals surface area (Å²) >= 11 is 0. The van der Waals surface area contributed by atoms with Crippen LogP contribution < -0.4 is 5.32 Å². The highest BCUT2D eigenvalue weighted by Gasteiger charge is 2.19. The highest BCUT2D eigenvalue weighted by Crippen LogP contribution is 2.14. The van der Waals surface area contributed by atoms with Crippen molar-refractivity contribution in [1.29, 1.82) is 0 Å². The number of nitrogens with one attached hydrogen (secondary N) is 1. The lowest BCUT2D eigenvalue weighted by molar-refractivity contribution is 0.181. The van der Waals surface area contributed by atoms with Gasteiger partial charge in [-0.3, -0.25) is 9.88 Å². The maximum absolute atomic E-state index is 4.46. The molecule has 0 aliphatic carbocycles. The molecule has 2 aromatic heterocycles. The molecule has 0 unspecified atom stereocenters. The summed E-state index contributed by atoms with van der Waals surface area (Å²) in [5.41, 5.74) is 3.55. The average Bonchev–Trinajstić information content (AvgIpc) is 3.23. The molecule has 134 valence electrons. The fourth-order valence-electron chi connectivity index (χ4n) is 3.58. The third-order valence-electron chi connectivity index (χ3n) is 4.89. The molecule has 26 heavy (non-hydrogen) atoms. The van der Waals surface area contributed by atoms with Crippen molar-refractivity contribution >= 4 is 0 Å². The number of rotatable bonds is 6. The first-order chi connectivity index (χ1) is 12.9. The Hall–Kier alpha value is -2.50. The van der Waals surface area contributed by atoms with E-state index in [1.807, 2.05) is 35.4 Å². The summed E-state index contributed by atoms with van der Waals surface area (Å²) in [6.07, 6.45) is 8.13. The third-order valence-corrected chi connectivity index (χ3v) is 4.89. The Bertz CT molecular complexity index is 800. The molecule has 1 fully saturated rings. The molecule has 5 heteroatoms. The number of likely N-dealkylation sites (tertiary alicyclic amines) is 1. The summed E-state index contributed by atoms with van der Waals surface area (Å²) in [5, 5.41) is 8.05. The summed E-state index contributed by atoms with van der Waals surface area (Å²) in [4.78, 5) is 6.96. The molecule has 0 saturated carbocycles. The molecule has 0 bridgehead atoms. The van der Waals surface area contributed by atoms with Gasteiger partial charge in [0.05, 0.1) is 11.4 Å². The van der Waals surface area contributed by atoms with Gasteiger partial charge in [-0.05, 0) is 55.3 Å². The predicted octanol–water partition coefficient (Wildman–Crippen LogP) is 3.02. The minimum Gasteiger partial charge on any atom is -0.309 e. The molecule has 1 N–H and O–H groups in total. The van der Waals surface area contributed by atoms with Crippen molar-refractivity contribution in [3.8, 4) is 5.69 Å². The zero-order valence-corrected chi connectivity index (χ0v) is 15.0. The van der Waals surface area contributed by atoms with Gasteiger partial charge in [0.25, 0.3) is 0 Å². The fourth-order valence-corrected chi connectivity index (χ4v) is 3.58. The van der Waals surface area contributed by atoms with E-state index in [9.17, 15) is 0 Å². The quantitative estimate of drug-likeness (QED) is 0.744. The van der Waals surface area contributed by atoms with Crippen LogP contribution >= 0.6 is 0 Å². The van der Waals surface area contributed by atoms with Gasteiger partial charge in [0.2, 0.25) is 0 Å². The highest BCUT2D eigenvalue weighted by molar-refractivity contribution is 5.35. The standard InChI is InChI=1S/C21H25N5/c1-2-10-22-19(7-1)16-25-12-4-8-20(17-25)23-15-18-6-3-9-21(14-18)26-13-5-11-24-26/h1-3,5-7,9-11,13-14,20,23H,4,8,12,15-17H2/t20-/m0/s1. The Kier molecular flexibility index (Phi) is 5.38. The van der Waals surface area contributed by atoms with Gasteiger partial charge >= 0.3 is 0 Å². The van der Waals surface area contributed by atoms with E-state index < -0.39 is 0 Å². The summed E-state index contributed by atoms with van der Waals surface area (Å²) in [6, 6.07) is 17.2. The fraction of sp³-hybridized carbons (Fsp3) is 0.333. The molecule has 3 aromatic rings. The van der Waals surface area contributed by atoms with Gasteiger partial charge in [-0.2, -0.15) is 5.10 Å². The minimum absolute atomic E-state index is 0.529. The Morgan fingerprint density at radius 2 is 2.08 bits per heavy atom. The molecular weight excluding hydrogens is 322 g/mol. The Labute approximate surface area is 154 Å². The van der Waals surface area contributed by atoms with Crippen LogP contribution in [-0.4, -0.2) is 38.8 Å². The van der Waals surface area contributed by atoms with Crippen molar-refractivity contribution in [2.75, 3.05) is 13.1 Å². The summed E-state index contributed by atoms with van der Waals surface area (Å²) in [6.45, 7) is 4.06. The maximum Gasteiger partial charge on any atom is 0.0648 e. The van der Waals surface area contributed by atoms with Crippen molar-refractivity contribution in [3.63, 3.8) is 0 Å². The van der Waals surface area contributed by atoms with E-state index in [2.05, 4.69) is 56.7 Å². The van der Waals surface area contributed by atoms with Crippen LogP contribution in [0.1, 0.15) is 24.1 Å². The van der Waals surface area contributed by atoms with Crippen LogP contribution in [0, 0.1) is 0 Å². The predicted molar refractivity (Wildman–Crippen MR) is 103 cm³/mol. The van der Waals surface area contributed by atoms with E-state index in [1.54, 1.807) is 0 Å². The monoisotopic (exact) mass is 347 g/mol. The van der Waals surface area contributed by atoms with Gasteiger partial charge in [0.15, 0.2) is 0 Å². The molecule has 1 saturated heterocycles. The Morgan fingerprint density at radius 3 is 2.92 bits per heavy atom. The van der Waals surface area contributed by atoms with Crippen LogP contribution in [0.3, 0.4) is 0 Å². The first kappa shape index (κ1) is 16.9. The number of nitrogens with zero attached hydrogens (tertiary/aromatic N) is 4. The lowest BCUT2D eigenvalue weighted by Gasteiger charge is -2.33. The van der Waals surface area contributed by atoms with Crippen LogP contribution in [0.4, 0.5) is 0 Å². The zero-order chi connectivity index (χ0) is 17.6. The largest absolute Gasteiger partial charge is 0.309 e. The van der Waals surface area contributed by atoms with Gasteiger partial charge in [0.1, 0.15) is 0 Å². The molecule has 0 spiro atoms. The molecular formula is C21H25N5. The molecule has 1 aromatic carbocycles. The molecule has 0 amide bonds. The first-order valence-corrected chi connectivity index (χ1v) is 9.31.